The first-order chi connectivity index (χ1) is 10.5. The van der Waals surface area contributed by atoms with E-state index >= 15 is 0 Å². The Kier molecular flexibility index (Phi) is 6.89. The molecule has 2 N–H and O–H groups in total. The molecule has 0 aromatic rings. The van der Waals surface area contributed by atoms with E-state index in [0.29, 0.717) is 12.8 Å². The molecule has 1 fully saturated rings. The summed E-state index contributed by atoms with van der Waals surface area (Å²) < 4.78 is 29.1. The summed E-state index contributed by atoms with van der Waals surface area (Å²) in [4.78, 5) is 11.8. The van der Waals surface area contributed by atoms with Gasteiger partial charge in [0.25, 0.3) is 0 Å². The van der Waals surface area contributed by atoms with Gasteiger partial charge in [0, 0.05) is 17.7 Å². The van der Waals surface area contributed by atoms with Crippen molar-refractivity contribution in [3.8, 4) is 0 Å². The molecular weight excluding hydrogens is 318 g/mol. The topological polar surface area (TPSA) is 92.7 Å². The van der Waals surface area contributed by atoms with Gasteiger partial charge in [0.1, 0.15) is 15.4 Å². The molecule has 0 aromatic carbocycles. The zero-order valence-corrected chi connectivity index (χ0v) is 15.5. The molecule has 0 aromatic heterocycles. The van der Waals surface area contributed by atoms with Gasteiger partial charge in [-0.1, -0.05) is 6.92 Å². The largest absolute Gasteiger partial charge is 0.444 e. The molecule has 0 aliphatic heterocycles. The van der Waals surface area contributed by atoms with Gasteiger partial charge in [0.15, 0.2) is 0 Å². The fourth-order valence-electron chi connectivity index (χ4n) is 2.73. The fourth-order valence-corrected chi connectivity index (χ4v) is 4.27. The van der Waals surface area contributed by atoms with Gasteiger partial charge >= 0.3 is 6.09 Å². The number of amides is 1. The second kappa shape index (κ2) is 7.83. The molecular formula is C16H31NO5S. The zero-order chi connectivity index (χ0) is 17.7. The number of aliphatic hydroxyl groups excluding tert-OH is 1. The van der Waals surface area contributed by atoms with Crippen molar-refractivity contribution in [3.05, 3.63) is 0 Å². The highest BCUT2D eigenvalue weighted by molar-refractivity contribution is 7.91. The van der Waals surface area contributed by atoms with E-state index in [0.717, 1.165) is 12.8 Å². The van der Waals surface area contributed by atoms with Crippen LogP contribution in [0.25, 0.3) is 0 Å². The van der Waals surface area contributed by atoms with Gasteiger partial charge in [-0.15, -0.1) is 0 Å². The molecule has 0 spiro atoms. The molecule has 1 rings (SSSR count). The summed E-state index contributed by atoms with van der Waals surface area (Å²) in [5, 5.41) is 12.6. The van der Waals surface area contributed by atoms with Crippen LogP contribution in [0.2, 0.25) is 0 Å². The van der Waals surface area contributed by atoms with Gasteiger partial charge in [-0.2, -0.15) is 0 Å². The summed E-state index contributed by atoms with van der Waals surface area (Å²) >= 11 is 0. The number of aliphatic hydroxyl groups is 1. The first-order valence-corrected chi connectivity index (χ1v) is 10.1. The van der Waals surface area contributed by atoms with Gasteiger partial charge in [0.05, 0.1) is 12.4 Å². The van der Waals surface area contributed by atoms with E-state index in [1.54, 1.807) is 20.8 Å². The molecule has 0 bridgehead atoms. The Hall–Kier alpha value is -0.820. The van der Waals surface area contributed by atoms with Gasteiger partial charge in [-0.25, -0.2) is 13.2 Å². The standard InChI is InChI=1S/C16H31NO5S/c1-5-9-23(20,21)10-8-16(12-18,13-6-7-13)11-17-14(19)22-15(2,3)4/h13,18H,5-12H2,1-4H3,(H,17,19). The van der Waals surface area contributed by atoms with Crippen LogP contribution in [0, 0.1) is 11.3 Å². The van der Waals surface area contributed by atoms with Crippen molar-refractivity contribution in [2.75, 3.05) is 24.7 Å². The lowest BCUT2D eigenvalue weighted by atomic mass is 9.80. The third kappa shape index (κ3) is 7.08. The molecule has 0 heterocycles. The van der Waals surface area contributed by atoms with Gasteiger partial charge in [-0.3, -0.25) is 0 Å². The van der Waals surface area contributed by atoms with Crippen LogP contribution >= 0.6 is 0 Å². The average molecular weight is 349 g/mol. The first kappa shape index (κ1) is 20.2. The summed E-state index contributed by atoms with van der Waals surface area (Å²) in [7, 11) is -3.10. The number of nitrogens with one attached hydrogen (secondary N) is 1. The van der Waals surface area contributed by atoms with Crippen LogP contribution in [0.5, 0.6) is 0 Å². The second-order valence-electron chi connectivity index (χ2n) is 7.55. The van der Waals surface area contributed by atoms with E-state index in [1.165, 1.54) is 0 Å². The minimum atomic E-state index is -3.10. The van der Waals surface area contributed by atoms with Crippen molar-refractivity contribution >= 4 is 15.9 Å². The number of rotatable bonds is 9. The second-order valence-corrected chi connectivity index (χ2v) is 9.86. The SMILES string of the molecule is CCCS(=O)(=O)CCC(CO)(CNC(=O)OC(C)(C)C)C1CC1. The molecule has 1 aliphatic rings. The van der Waals surface area contributed by atoms with Gasteiger partial charge in [-0.05, 0) is 52.4 Å². The number of carbonyl (C=O) groups is 1. The van der Waals surface area contributed by atoms with E-state index in [4.69, 9.17) is 4.74 Å². The predicted octanol–water partition coefficient (Wildman–Crippen LogP) is 2.11. The van der Waals surface area contributed by atoms with Crippen molar-refractivity contribution in [2.24, 2.45) is 11.3 Å². The third-order valence-corrected chi connectivity index (χ3v) is 6.02. The molecule has 0 saturated heterocycles. The van der Waals surface area contributed by atoms with Crippen LogP contribution in [-0.4, -0.2) is 49.9 Å². The molecule has 6 nitrogen and oxygen atoms in total. The Morgan fingerprint density at radius 1 is 1.26 bits per heavy atom. The van der Waals surface area contributed by atoms with E-state index in [1.807, 2.05) is 6.92 Å². The maximum absolute atomic E-state index is 12.0. The summed E-state index contributed by atoms with van der Waals surface area (Å²) in [5.74, 6) is 0.478. The minimum Gasteiger partial charge on any atom is -0.444 e. The summed E-state index contributed by atoms with van der Waals surface area (Å²) in [6.07, 6.45) is 2.35. The number of ether oxygens (including phenoxy) is 1. The van der Waals surface area contributed by atoms with Crippen LogP contribution in [0.1, 0.15) is 53.4 Å². The van der Waals surface area contributed by atoms with Crippen molar-refractivity contribution in [2.45, 2.75) is 59.0 Å². The van der Waals surface area contributed by atoms with Crippen molar-refractivity contribution in [1.29, 1.82) is 0 Å². The normalized spacial score (nSPS) is 18.3. The molecule has 1 amide bonds. The average Bonchev–Trinajstić information content (AvgIpc) is 3.22. The van der Waals surface area contributed by atoms with Crippen LogP contribution in [0.15, 0.2) is 0 Å². The van der Waals surface area contributed by atoms with Gasteiger partial charge < -0.3 is 15.2 Å². The highest BCUT2D eigenvalue weighted by Gasteiger charge is 2.45. The Morgan fingerprint density at radius 3 is 2.30 bits per heavy atom. The molecule has 1 saturated carbocycles. The fraction of sp³-hybridized carbons (Fsp3) is 0.938. The number of hydrogen-bond acceptors (Lipinski definition) is 5. The summed E-state index contributed by atoms with van der Waals surface area (Å²) in [6.45, 7) is 7.29. The maximum atomic E-state index is 12.0. The number of alkyl carbamates (subject to hydrolysis) is 1. The van der Waals surface area contributed by atoms with E-state index in [2.05, 4.69) is 5.32 Å². The Labute approximate surface area is 139 Å². The Morgan fingerprint density at radius 2 is 1.87 bits per heavy atom. The molecule has 1 unspecified atom stereocenters. The van der Waals surface area contributed by atoms with Crippen LogP contribution < -0.4 is 5.32 Å². The molecule has 23 heavy (non-hydrogen) atoms. The van der Waals surface area contributed by atoms with Gasteiger partial charge in [0.2, 0.25) is 0 Å². The highest BCUT2D eigenvalue weighted by atomic mass is 32.2. The maximum Gasteiger partial charge on any atom is 0.407 e. The molecule has 1 atom stereocenters. The number of sulfone groups is 1. The molecule has 1 aliphatic carbocycles. The first-order valence-electron chi connectivity index (χ1n) is 8.32. The van der Waals surface area contributed by atoms with Crippen molar-refractivity contribution in [3.63, 3.8) is 0 Å². The van der Waals surface area contributed by atoms with Crippen molar-refractivity contribution < 1.29 is 23.1 Å². The lowest BCUT2D eigenvalue weighted by Gasteiger charge is -2.32. The smallest absolute Gasteiger partial charge is 0.407 e. The zero-order valence-electron chi connectivity index (χ0n) is 14.7. The van der Waals surface area contributed by atoms with E-state index < -0.39 is 26.9 Å². The lowest BCUT2D eigenvalue weighted by molar-refractivity contribution is 0.0435. The van der Waals surface area contributed by atoms with Crippen LogP contribution in [0.4, 0.5) is 4.79 Å². The van der Waals surface area contributed by atoms with E-state index in [9.17, 15) is 18.3 Å². The lowest BCUT2D eigenvalue weighted by Crippen LogP contribution is -2.44. The molecule has 136 valence electrons. The Bertz CT molecular complexity index is 493. The quantitative estimate of drug-likeness (QED) is 0.665. The predicted molar refractivity (Wildman–Crippen MR) is 90.0 cm³/mol. The van der Waals surface area contributed by atoms with Crippen molar-refractivity contribution in [1.82, 2.24) is 5.32 Å². The highest BCUT2D eigenvalue weighted by Crippen LogP contribution is 2.47. The Balaban J connectivity index is 2.66. The molecule has 0 radical (unpaired) electrons. The summed E-state index contributed by atoms with van der Waals surface area (Å²) in [5.41, 5.74) is -1.16. The number of hydrogen-bond donors (Lipinski definition) is 2. The third-order valence-electron chi connectivity index (χ3n) is 4.17. The minimum absolute atomic E-state index is 0.0495. The van der Waals surface area contributed by atoms with E-state index in [-0.39, 0.29) is 30.6 Å². The van der Waals surface area contributed by atoms with Crippen LogP contribution in [-0.2, 0) is 14.6 Å². The van der Waals surface area contributed by atoms with Crippen LogP contribution in [0.3, 0.4) is 0 Å². The molecule has 7 heteroatoms. The summed E-state index contributed by atoms with van der Waals surface area (Å²) in [6, 6.07) is 0. The number of carbonyl (C=O) groups excluding carboxylic acids is 1. The monoisotopic (exact) mass is 349 g/mol.